The van der Waals surface area contributed by atoms with Crippen molar-refractivity contribution in [3.05, 3.63) is 22.4 Å². The lowest BCUT2D eigenvalue weighted by molar-refractivity contribution is -0.402. The third kappa shape index (κ3) is 6.71. The molecule has 0 saturated carbocycles. The van der Waals surface area contributed by atoms with Crippen molar-refractivity contribution in [3.63, 3.8) is 0 Å². The predicted octanol–water partition coefficient (Wildman–Crippen LogP) is 3.23. The van der Waals surface area contributed by atoms with E-state index in [1.165, 1.54) is 0 Å². The number of rotatable bonds is 10. The standard InChI is InChI=1S/C13H25NO4/c1-5-11(4)12(9-8-10-14(15)16)13(17-6-2)18-7-3/h8,10-13H,5-7,9H2,1-4H3. The molecule has 0 aromatic rings. The molecule has 0 saturated heterocycles. The van der Waals surface area contributed by atoms with Crippen LogP contribution in [-0.4, -0.2) is 24.4 Å². The summed E-state index contributed by atoms with van der Waals surface area (Å²) in [6.07, 6.45) is 3.88. The van der Waals surface area contributed by atoms with Crippen molar-refractivity contribution in [1.29, 1.82) is 0 Å². The van der Waals surface area contributed by atoms with Gasteiger partial charge in [-0.1, -0.05) is 20.3 Å². The van der Waals surface area contributed by atoms with E-state index in [0.717, 1.165) is 12.6 Å². The third-order valence-corrected chi connectivity index (χ3v) is 3.02. The molecule has 5 heteroatoms. The van der Waals surface area contributed by atoms with Crippen LogP contribution >= 0.6 is 0 Å². The maximum absolute atomic E-state index is 10.3. The highest BCUT2D eigenvalue weighted by Crippen LogP contribution is 2.26. The normalized spacial score (nSPS) is 15.2. The highest BCUT2D eigenvalue weighted by molar-refractivity contribution is 4.81. The van der Waals surface area contributed by atoms with Crippen LogP contribution in [0.15, 0.2) is 12.3 Å². The lowest BCUT2D eigenvalue weighted by Crippen LogP contribution is -2.31. The van der Waals surface area contributed by atoms with E-state index in [4.69, 9.17) is 9.47 Å². The van der Waals surface area contributed by atoms with Crippen molar-refractivity contribution in [2.45, 2.75) is 46.8 Å². The minimum atomic E-state index is -0.440. The minimum absolute atomic E-state index is 0.145. The van der Waals surface area contributed by atoms with Crippen molar-refractivity contribution in [2.75, 3.05) is 13.2 Å². The Morgan fingerprint density at radius 3 is 2.17 bits per heavy atom. The second-order valence-electron chi connectivity index (χ2n) is 4.23. The largest absolute Gasteiger partial charge is 0.353 e. The van der Waals surface area contributed by atoms with Crippen LogP contribution in [-0.2, 0) is 9.47 Å². The first kappa shape index (κ1) is 17.1. The number of allylic oxidation sites excluding steroid dienone is 1. The van der Waals surface area contributed by atoms with Gasteiger partial charge in [0.1, 0.15) is 0 Å². The van der Waals surface area contributed by atoms with Gasteiger partial charge in [0.05, 0.1) is 4.92 Å². The molecule has 0 bridgehead atoms. The predicted molar refractivity (Wildman–Crippen MR) is 70.7 cm³/mol. The fourth-order valence-electron chi connectivity index (χ4n) is 1.84. The van der Waals surface area contributed by atoms with Gasteiger partial charge in [-0.3, -0.25) is 10.1 Å². The number of nitrogens with zero attached hydrogens (tertiary/aromatic N) is 1. The highest BCUT2D eigenvalue weighted by atomic mass is 16.7. The lowest BCUT2D eigenvalue weighted by Gasteiger charge is -2.30. The molecule has 0 rings (SSSR count). The van der Waals surface area contributed by atoms with Crippen LogP contribution in [0.4, 0.5) is 0 Å². The molecule has 0 aliphatic rings. The summed E-state index contributed by atoms with van der Waals surface area (Å²) >= 11 is 0. The van der Waals surface area contributed by atoms with E-state index in [0.29, 0.717) is 25.6 Å². The van der Waals surface area contributed by atoms with Crippen LogP contribution in [0.1, 0.15) is 40.5 Å². The van der Waals surface area contributed by atoms with Crippen molar-refractivity contribution in [3.8, 4) is 0 Å². The van der Waals surface area contributed by atoms with Gasteiger partial charge in [0.2, 0.25) is 6.20 Å². The van der Waals surface area contributed by atoms with Gasteiger partial charge in [0, 0.05) is 19.1 Å². The zero-order valence-electron chi connectivity index (χ0n) is 11.8. The smallest absolute Gasteiger partial charge is 0.230 e. The van der Waals surface area contributed by atoms with Crippen LogP contribution in [0.3, 0.4) is 0 Å². The van der Waals surface area contributed by atoms with Crippen molar-refractivity contribution in [1.82, 2.24) is 0 Å². The van der Waals surface area contributed by atoms with E-state index >= 15 is 0 Å². The van der Waals surface area contributed by atoms with Gasteiger partial charge in [-0.25, -0.2) is 0 Å². The summed E-state index contributed by atoms with van der Waals surface area (Å²) in [5.74, 6) is 0.538. The zero-order valence-corrected chi connectivity index (χ0v) is 11.8. The maximum atomic E-state index is 10.3. The molecule has 0 aromatic carbocycles. The molecule has 18 heavy (non-hydrogen) atoms. The minimum Gasteiger partial charge on any atom is -0.353 e. The van der Waals surface area contributed by atoms with E-state index in [9.17, 15) is 10.1 Å². The molecular weight excluding hydrogens is 234 g/mol. The number of hydrogen-bond donors (Lipinski definition) is 0. The number of hydrogen-bond acceptors (Lipinski definition) is 4. The molecule has 2 atom stereocenters. The maximum Gasteiger partial charge on any atom is 0.230 e. The summed E-state index contributed by atoms with van der Waals surface area (Å²) in [4.78, 5) is 9.86. The number of ether oxygens (including phenoxy) is 2. The van der Waals surface area contributed by atoms with Gasteiger partial charge in [-0.15, -0.1) is 0 Å². The molecule has 0 spiro atoms. The quantitative estimate of drug-likeness (QED) is 0.343. The van der Waals surface area contributed by atoms with Gasteiger partial charge in [-0.2, -0.15) is 0 Å². The van der Waals surface area contributed by atoms with Gasteiger partial charge in [0.25, 0.3) is 0 Å². The fourth-order valence-corrected chi connectivity index (χ4v) is 1.84. The van der Waals surface area contributed by atoms with Crippen LogP contribution in [0, 0.1) is 22.0 Å². The van der Waals surface area contributed by atoms with Crippen LogP contribution in [0.25, 0.3) is 0 Å². The average Bonchev–Trinajstić information content (AvgIpc) is 2.33. The van der Waals surface area contributed by atoms with Gasteiger partial charge >= 0.3 is 0 Å². The SMILES string of the molecule is CCOC(OCC)C(CC=C[N+](=O)[O-])C(C)CC. The second kappa shape index (κ2) is 10.0. The van der Waals surface area contributed by atoms with E-state index in [2.05, 4.69) is 13.8 Å². The molecule has 0 amide bonds. The summed E-state index contributed by atoms with van der Waals surface area (Å²) in [6, 6.07) is 0. The first-order chi connectivity index (χ1) is 8.56. The van der Waals surface area contributed by atoms with Crippen molar-refractivity contribution < 1.29 is 14.4 Å². The molecule has 0 aromatic heterocycles. The Kier molecular flexibility index (Phi) is 9.50. The summed E-state index contributed by atoms with van der Waals surface area (Å²) in [6.45, 7) is 9.23. The van der Waals surface area contributed by atoms with Crippen molar-refractivity contribution >= 4 is 0 Å². The van der Waals surface area contributed by atoms with Gasteiger partial charge in [0.15, 0.2) is 6.29 Å². The molecule has 0 aliphatic carbocycles. The molecule has 5 nitrogen and oxygen atoms in total. The van der Waals surface area contributed by atoms with Gasteiger partial charge in [-0.05, 0) is 32.3 Å². The average molecular weight is 259 g/mol. The summed E-state index contributed by atoms with van der Waals surface area (Å²) in [5, 5.41) is 10.3. The summed E-state index contributed by atoms with van der Waals surface area (Å²) < 4.78 is 11.2. The van der Waals surface area contributed by atoms with E-state index < -0.39 is 4.92 Å². The topological polar surface area (TPSA) is 61.6 Å². The Bertz CT molecular complexity index is 249. The molecular formula is C13H25NO4. The Balaban J connectivity index is 4.65. The number of nitro groups is 1. The first-order valence-corrected chi connectivity index (χ1v) is 6.60. The Hall–Kier alpha value is -0.940. The summed E-state index contributed by atoms with van der Waals surface area (Å²) in [7, 11) is 0. The second-order valence-corrected chi connectivity index (χ2v) is 4.23. The molecule has 2 unspecified atom stereocenters. The fraction of sp³-hybridized carbons (Fsp3) is 0.846. The molecule has 0 fully saturated rings. The summed E-state index contributed by atoms with van der Waals surface area (Å²) in [5.41, 5.74) is 0. The molecule has 0 radical (unpaired) electrons. The molecule has 106 valence electrons. The highest BCUT2D eigenvalue weighted by Gasteiger charge is 2.26. The van der Waals surface area contributed by atoms with Gasteiger partial charge < -0.3 is 9.47 Å². The molecule has 0 heterocycles. The van der Waals surface area contributed by atoms with Crippen LogP contribution in [0.5, 0.6) is 0 Å². The third-order valence-electron chi connectivity index (χ3n) is 3.02. The Labute approximate surface area is 109 Å². The molecule has 0 aliphatic heterocycles. The monoisotopic (exact) mass is 259 g/mol. The lowest BCUT2D eigenvalue weighted by atomic mass is 9.88. The van der Waals surface area contributed by atoms with E-state index in [1.807, 2.05) is 13.8 Å². The van der Waals surface area contributed by atoms with E-state index in [1.54, 1.807) is 6.08 Å². The van der Waals surface area contributed by atoms with Crippen LogP contribution < -0.4 is 0 Å². The first-order valence-electron chi connectivity index (χ1n) is 6.60. The molecule has 0 N–H and O–H groups in total. The van der Waals surface area contributed by atoms with E-state index in [-0.39, 0.29) is 12.2 Å². The Morgan fingerprint density at radius 1 is 1.22 bits per heavy atom. The zero-order chi connectivity index (χ0) is 14.0. The Morgan fingerprint density at radius 2 is 1.78 bits per heavy atom. The van der Waals surface area contributed by atoms with Crippen LogP contribution in [0.2, 0.25) is 0 Å². The van der Waals surface area contributed by atoms with Crippen molar-refractivity contribution in [2.24, 2.45) is 11.8 Å².